The molecule has 2 atom stereocenters. The van der Waals surface area contributed by atoms with Crippen LogP contribution in [0.5, 0.6) is 0 Å². The van der Waals surface area contributed by atoms with E-state index in [1.165, 1.54) is 11.1 Å². The SMILES string of the molecule is CC1CC(C(=O)O)CN(C(=O)C(C)(C)CCNC(=O)OCC2c3ccccc3-c3ccccc32)C1. The van der Waals surface area contributed by atoms with Crippen molar-refractivity contribution in [3.8, 4) is 11.1 Å². The van der Waals surface area contributed by atoms with E-state index in [-0.39, 0.29) is 30.9 Å². The molecule has 186 valence electrons. The van der Waals surface area contributed by atoms with Crippen LogP contribution in [-0.4, -0.2) is 54.2 Å². The van der Waals surface area contributed by atoms with Crippen LogP contribution >= 0.6 is 0 Å². The standard InChI is InChI=1S/C28H34N2O5/c1-18-14-19(25(31)32)16-30(15-18)26(33)28(2,3)12-13-29-27(34)35-17-24-22-10-6-4-8-20(22)21-9-5-7-11-23(21)24/h4-11,18-19,24H,12-17H2,1-3H3,(H,29,34)(H,31,32). The average Bonchev–Trinajstić information content (AvgIpc) is 3.15. The van der Waals surface area contributed by atoms with Crippen molar-refractivity contribution in [3.63, 3.8) is 0 Å². The zero-order valence-corrected chi connectivity index (χ0v) is 20.6. The third kappa shape index (κ3) is 5.34. The fraction of sp³-hybridized carbons (Fsp3) is 0.464. The van der Waals surface area contributed by atoms with Crippen LogP contribution in [0.4, 0.5) is 4.79 Å². The van der Waals surface area contributed by atoms with Gasteiger partial charge in [0.15, 0.2) is 0 Å². The number of ether oxygens (including phenoxy) is 1. The molecule has 2 aromatic rings. The summed E-state index contributed by atoms with van der Waals surface area (Å²) in [5.41, 5.74) is 3.94. The highest BCUT2D eigenvalue weighted by Gasteiger charge is 2.38. The molecule has 2 aliphatic rings. The van der Waals surface area contributed by atoms with Gasteiger partial charge in [0.05, 0.1) is 5.92 Å². The summed E-state index contributed by atoms with van der Waals surface area (Å²) in [7, 11) is 0. The number of carbonyl (C=O) groups excluding carboxylic acids is 2. The van der Waals surface area contributed by atoms with Gasteiger partial charge in [-0.05, 0) is 41.0 Å². The molecule has 1 aliphatic heterocycles. The highest BCUT2D eigenvalue weighted by molar-refractivity contribution is 5.83. The Kier molecular flexibility index (Phi) is 7.15. The third-order valence-electron chi connectivity index (χ3n) is 7.24. The Morgan fingerprint density at radius 2 is 1.63 bits per heavy atom. The monoisotopic (exact) mass is 478 g/mol. The molecule has 35 heavy (non-hydrogen) atoms. The molecule has 2 aromatic carbocycles. The Labute approximate surface area is 206 Å². The summed E-state index contributed by atoms with van der Waals surface area (Å²) in [6.45, 7) is 6.98. The molecule has 7 heteroatoms. The van der Waals surface area contributed by atoms with Gasteiger partial charge in [0.25, 0.3) is 0 Å². The van der Waals surface area contributed by atoms with Crippen molar-refractivity contribution in [2.45, 2.75) is 39.5 Å². The number of carboxylic acid groups (broad SMARTS) is 1. The summed E-state index contributed by atoms with van der Waals surface area (Å²) < 4.78 is 5.58. The minimum absolute atomic E-state index is 0.00515. The number of amides is 2. The van der Waals surface area contributed by atoms with Gasteiger partial charge < -0.3 is 20.1 Å². The number of nitrogens with one attached hydrogen (secondary N) is 1. The van der Waals surface area contributed by atoms with Crippen LogP contribution in [0.15, 0.2) is 48.5 Å². The lowest BCUT2D eigenvalue weighted by molar-refractivity contribution is -0.150. The lowest BCUT2D eigenvalue weighted by Gasteiger charge is -2.39. The maximum atomic E-state index is 13.1. The van der Waals surface area contributed by atoms with Crippen molar-refractivity contribution in [3.05, 3.63) is 59.7 Å². The zero-order chi connectivity index (χ0) is 25.2. The van der Waals surface area contributed by atoms with Crippen molar-refractivity contribution in [1.82, 2.24) is 10.2 Å². The summed E-state index contributed by atoms with van der Waals surface area (Å²) in [6, 6.07) is 16.4. The normalized spacial score (nSPS) is 19.6. The summed E-state index contributed by atoms with van der Waals surface area (Å²) in [6.07, 6.45) is 0.509. The van der Waals surface area contributed by atoms with Gasteiger partial charge in [-0.3, -0.25) is 9.59 Å². The third-order valence-corrected chi connectivity index (χ3v) is 7.24. The van der Waals surface area contributed by atoms with Crippen LogP contribution in [-0.2, 0) is 14.3 Å². The second-order valence-electron chi connectivity index (χ2n) is 10.5. The van der Waals surface area contributed by atoms with Crippen molar-refractivity contribution in [2.75, 3.05) is 26.2 Å². The molecule has 0 bridgehead atoms. The van der Waals surface area contributed by atoms with Gasteiger partial charge in [0.1, 0.15) is 6.61 Å². The van der Waals surface area contributed by atoms with Crippen LogP contribution in [0.3, 0.4) is 0 Å². The van der Waals surface area contributed by atoms with Gasteiger partial charge in [-0.15, -0.1) is 0 Å². The molecule has 0 saturated carbocycles. The van der Waals surface area contributed by atoms with Crippen molar-refractivity contribution in [2.24, 2.45) is 17.3 Å². The first-order valence-electron chi connectivity index (χ1n) is 12.3. The molecule has 2 amide bonds. The Bertz CT molecular complexity index is 1070. The molecule has 2 unspecified atom stereocenters. The molecule has 1 heterocycles. The molecule has 0 radical (unpaired) electrons. The van der Waals surface area contributed by atoms with Gasteiger partial charge >= 0.3 is 12.1 Å². The smallest absolute Gasteiger partial charge is 0.407 e. The van der Waals surface area contributed by atoms with Crippen molar-refractivity contribution < 1.29 is 24.2 Å². The number of carbonyl (C=O) groups is 3. The number of hydrogen-bond donors (Lipinski definition) is 2. The molecule has 1 aliphatic carbocycles. The average molecular weight is 479 g/mol. The summed E-state index contributed by atoms with van der Waals surface area (Å²) in [5.74, 6) is -1.33. The number of nitrogens with zero attached hydrogens (tertiary/aromatic N) is 1. The first kappa shape index (κ1) is 24.8. The zero-order valence-electron chi connectivity index (χ0n) is 20.6. The Morgan fingerprint density at radius 3 is 2.23 bits per heavy atom. The van der Waals surface area contributed by atoms with E-state index in [0.29, 0.717) is 25.9 Å². The van der Waals surface area contributed by atoms with E-state index in [1.807, 2.05) is 45.0 Å². The predicted octanol–water partition coefficient (Wildman–Crippen LogP) is 4.51. The van der Waals surface area contributed by atoms with E-state index in [9.17, 15) is 19.5 Å². The Hall–Kier alpha value is -3.35. The fourth-order valence-electron chi connectivity index (χ4n) is 5.36. The maximum Gasteiger partial charge on any atom is 0.407 e. The quantitative estimate of drug-likeness (QED) is 0.610. The summed E-state index contributed by atoms with van der Waals surface area (Å²) in [4.78, 5) is 38.7. The van der Waals surface area contributed by atoms with E-state index >= 15 is 0 Å². The first-order valence-corrected chi connectivity index (χ1v) is 12.3. The van der Waals surface area contributed by atoms with Gasteiger partial charge in [-0.1, -0.05) is 69.3 Å². The fourth-order valence-corrected chi connectivity index (χ4v) is 5.36. The number of fused-ring (bicyclic) bond motifs is 3. The molecule has 2 N–H and O–H groups in total. The minimum Gasteiger partial charge on any atom is -0.481 e. The second kappa shape index (κ2) is 10.1. The number of hydrogen-bond acceptors (Lipinski definition) is 4. The number of likely N-dealkylation sites (tertiary alicyclic amines) is 1. The highest BCUT2D eigenvalue weighted by atomic mass is 16.5. The van der Waals surface area contributed by atoms with Crippen molar-refractivity contribution in [1.29, 1.82) is 0 Å². The number of benzene rings is 2. The lowest BCUT2D eigenvalue weighted by Crippen LogP contribution is -2.50. The molecular formula is C28H34N2O5. The maximum absolute atomic E-state index is 13.1. The number of piperidine rings is 1. The van der Waals surface area contributed by atoms with E-state index in [2.05, 4.69) is 29.6 Å². The Morgan fingerprint density at radius 1 is 1.03 bits per heavy atom. The summed E-state index contributed by atoms with van der Waals surface area (Å²) >= 11 is 0. The van der Waals surface area contributed by atoms with E-state index < -0.39 is 23.4 Å². The molecule has 4 rings (SSSR count). The number of carboxylic acids is 1. The van der Waals surface area contributed by atoms with Crippen LogP contribution < -0.4 is 5.32 Å². The molecular weight excluding hydrogens is 444 g/mol. The number of rotatable bonds is 7. The Balaban J connectivity index is 1.29. The highest BCUT2D eigenvalue weighted by Crippen LogP contribution is 2.44. The van der Waals surface area contributed by atoms with E-state index in [0.717, 1.165) is 11.1 Å². The molecule has 1 fully saturated rings. The topological polar surface area (TPSA) is 95.9 Å². The predicted molar refractivity (Wildman–Crippen MR) is 133 cm³/mol. The first-order chi connectivity index (χ1) is 16.7. The summed E-state index contributed by atoms with van der Waals surface area (Å²) in [5, 5.41) is 12.2. The van der Waals surface area contributed by atoms with Gasteiger partial charge in [-0.2, -0.15) is 0 Å². The van der Waals surface area contributed by atoms with Crippen LogP contribution in [0.25, 0.3) is 11.1 Å². The van der Waals surface area contributed by atoms with Crippen LogP contribution in [0.2, 0.25) is 0 Å². The minimum atomic E-state index is -0.857. The van der Waals surface area contributed by atoms with Gasteiger partial charge in [0.2, 0.25) is 5.91 Å². The van der Waals surface area contributed by atoms with Crippen LogP contribution in [0.1, 0.15) is 50.7 Å². The molecule has 1 saturated heterocycles. The van der Waals surface area contributed by atoms with Gasteiger partial charge in [-0.25, -0.2) is 4.79 Å². The van der Waals surface area contributed by atoms with Crippen molar-refractivity contribution >= 4 is 18.0 Å². The largest absolute Gasteiger partial charge is 0.481 e. The lowest BCUT2D eigenvalue weighted by atomic mass is 9.84. The molecule has 7 nitrogen and oxygen atoms in total. The number of aliphatic carboxylic acids is 1. The second-order valence-corrected chi connectivity index (χ2v) is 10.5. The number of alkyl carbamates (subject to hydrolysis) is 1. The molecule has 0 aromatic heterocycles. The van der Waals surface area contributed by atoms with E-state index in [1.54, 1.807) is 4.90 Å². The molecule has 0 spiro atoms. The van der Waals surface area contributed by atoms with Gasteiger partial charge in [0, 0.05) is 31.0 Å². The van der Waals surface area contributed by atoms with Crippen LogP contribution in [0, 0.1) is 17.3 Å². The van der Waals surface area contributed by atoms with E-state index in [4.69, 9.17) is 4.74 Å².